The monoisotopic (exact) mass is 229 g/mol. The summed E-state index contributed by atoms with van der Waals surface area (Å²) in [6, 6.07) is 8.34. The van der Waals surface area contributed by atoms with Gasteiger partial charge in [0.1, 0.15) is 0 Å². The van der Waals surface area contributed by atoms with E-state index in [1.54, 1.807) is 30.6 Å². The van der Waals surface area contributed by atoms with Gasteiger partial charge in [0.15, 0.2) is 6.20 Å². The Kier molecular flexibility index (Phi) is 3.30. The Morgan fingerprint density at radius 1 is 1.35 bits per heavy atom. The average Bonchev–Trinajstić information content (AvgIpc) is 2.38. The second-order valence-electron chi connectivity index (χ2n) is 3.46. The van der Waals surface area contributed by atoms with Crippen LogP contribution in [0.15, 0.2) is 48.9 Å². The summed E-state index contributed by atoms with van der Waals surface area (Å²) in [5.74, 6) is -0.399. The van der Waals surface area contributed by atoms with E-state index >= 15 is 0 Å². The summed E-state index contributed by atoms with van der Waals surface area (Å²) in [6.45, 7) is 0.349. The average molecular weight is 229 g/mol. The van der Waals surface area contributed by atoms with Gasteiger partial charge in [0.05, 0.1) is 0 Å². The van der Waals surface area contributed by atoms with Crippen molar-refractivity contribution in [3.63, 3.8) is 0 Å². The highest BCUT2D eigenvalue weighted by Crippen LogP contribution is 1.96. The van der Waals surface area contributed by atoms with Gasteiger partial charge in [-0.1, -0.05) is 6.07 Å². The molecular weight excluding hydrogens is 218 g/mol. The van der Waals surface area contributed by atoms with Crippen molar-refractivity contribution >= 4 is 5.91 Å². The highest BCUT2D eigenvalue weighted by molar-refractivity contribution is 5.90. The lowest BCUT2D eigenvalue weighted by Gasteiger charge is -2.05. The zero-order valence-electron chi connectivity index (χ0n) is 9.04. The fraction of sp³-hybridized carbons (Fsp3) is 0.0833. The van der Waals surface area contributed by atoms with Gasteiger partial charge in [0, 0.05) is 31.1 Å². The van der Waals surface area contributed by atoms with Crippen LogP contribution in [0.5, 0.6) is 0 Å². The molecule has 0 saturated heterocycles. The molecule has 0 aromatic carbocycles. The number of pyridine rings is 2. The third kappa shape index (κ3) is 2.78. The molecule has 5 nitrogen and oxygen atoms in total. The van der Waals surface area contributed by atoms with E-state index in [9.17, 15) is 10.0 Å². The van der Waals surface area contributed by atoms with E-state index in [-0.39, 0.29) is 5.69 Å². The summed E-state index contributed by atoms with van der Waals surface area (Å²) >= 11 is 0. The predicted octanol–water partition coefficient (Wildman–Crippen LogP) is 0.645. The van der Waals surface area contributed by atoms with Crippen molar-refractivity contribution in [2.45, 2.75) is 6.54 Å². The normalized spacial score (nSPS) is 9.88. The largest absolute Gasteiger partial charge is 0.618 e. The predicted molar refractivity (Wildman–Crippen MR) is 60.8 cm³/mol. The topological polar surface area (TPSA) is 68.9 Å². The van der Waals surface area contributed by atoms with E-state index in [0.717, 1.165) is 5.56 Å². The number of aromatic nitrogens is 2. The Labute approximate surface area is 98.3 Å². The van der Waals surface area contributed by atoms with Gasteiger partial charge in [0.25, 0.3) is 5.69 Å². The zero-order chi connectivity index (χ0) is 12.1. The number of nitrogens with one attached hydrogen (secondary N) is 1. The standard InChI is InChI=1S/C12H11N3O2/c16-12(11-5-1-2-7-15(11)17)14-9-10-4-3-6-13-8-10/h1-8H,9H2,(H,14,16). The maximum Gasteiger partial charge on any atom is 0.317 e. The molecule has 2 aromatic rings. The number of hydrogen-bond donors (Lipinski definition) is 1. The molecule has 0 aliphatic carbocycles. The molecule has 2 aromatic heterocycles. The smallest absolute Gasteiger partial charge is 0.317 e. The molecule has 0 bridgehead atoms. The van der Waals surface area contributed by atoms with E-state index < -0.39 is 5.91 Å². The molecule has 2 rings (SSSR count). The number of carbonyl (C=O) groups is 1. The lowest BCUT2D eigenvalue weighted by Crippen LogP contribution is -2.38. The molecule has 0 fully saturated rings. The molecule has 1 amide bonds. The van der Waals surface area contributed by atoms with Crippen LogP contribution in [0, 0.1) is 5.21 Å². The molecule has 0 aliphatic rings. The molecule has 17 heavy (non-hydrogen) atoms. The first-order chi connectivity index (χ1) is 8.27. The number of nitrogens with zero attached hydrogens (tertiary/aromatic N) is 2. The minimum Gasteiger partial charge on any atom is -0.618 e. The quantitative estimate of drug-likeness (QED) is 0.620. The first-order valence-corrected chi connectivity index (χ1v) is 5.12. The van der Waals surface area contributed by atoms with Crippen molar-refractivity contribution in [1.82, 2.24) is 10.3 Å². The van der Waals surface area contributed by atoms with Crippen LogP contribution in [0.1, 0.15) is 16.1 Å². The highest BCUT2D eigenvalue weighted by atomic mass is 16.5. The Hall–Kier alpha value is -2.43. The van der Waals surface area contributed by atoms with E-state index in [1.165, 1.54) is 12.3 Å². The number of rotatable bonds is 3. The van der Waals surface area contributed by atoms with E-state index in [0.29, 0.717) is 11.3 Å². The van der Waals surface area contributed by atoms with E-state index in [4.69, 9.17) is 0 Å². The molecule has 0 saturated carbocycles. The summed E-state index contributed by atoms with van der Waals surface area (Å²) in [4.78, 5) is 15.6. The third-order valence-corrected chi connectivity index (χ3v) is 2.23. The van der Waals surface area contributed by atoms with E-state index in [2.05, 4.69) is 10.3 Å². The molecule has 0 spiro atoms. The zero-order valence-corrected chi connectivity index (χ0v) is 9.04. The van der Waals surface area contributed by atoms with Crippen LogP contribution in [0.3, 0.4) is 0 Å². The Bertz CT molecular complexity index is 514. The van der Waals surface area contributed by atoms with Gasteiger partial charge >= 0.3 is 5.91 Å². The van der Waals surface area contributed by atoms with Crippen LogP contribution in [-0.4, -0.2) is 10.9 Å². The van der Waals surface area contributed by atoms with Crippen LogP contribution >= 0.6 is 0 Å². The minimum absolute atomic E-state index is 0.0800. The molecule has 1 N–H and O–H groups in total. The van der Waals surface area contributed by atoms with E-state index in [1.807, 2.05) is 6.07 Å². The van der Waals surface area contributed by atoms with Gasteiger partial charge in [0.2, 0.25) is 0 Å². The Morgan fingerprint density at radius 2 is 2.24 bits per heavy atom. The van der Waals surface area contributed by atoms with Crippen LogP contribution < -0.4 is 10.0 Å². The van der Waals surface area contributed by atoms with Gasteiger partial charge < -0.3 is 10.5 Å². The summed E-state index contributed by atoms with van der Waals surface area (Å²) < 4.78 is 0.540. The van der Waals surface area contributed by atoms with Gasteiger partial charge in [-0.05, 0) is 17.7 Å². The van der Waals surface area contributed by atoms with Crippen LogP contribution in [0.25, 0.3) is 0 Å². The number of amides is 1. The van der Waals surface area contributed by atoms with Crippen molar-refractivity contribution in [1.29, 1.82) is 0 Å². The maximum atomic E-state index is 11.7. The molecule has 0 atom stereocenters. The van der Waals surface area contributed by atoms with Crippen molar-refractivity contribution in [2.75, 3.05) is 0 Å². The van der Waals surface area contributed by atoms with Crippen molar-refractivity contribution in [2.24, 2.45) is 0 Å². The van der Waals surface area contributed by atoms with Crippen LogP contribution in [0.4, 0.5) is 0 Å². The fourth-order valence-corrected chi connectivity index (χ4v) is 1.38. The highest BCUT2D eigenvalue weighted by Gasteiger charge is 2.13. The fourth-order valence-electron chi connectivity index (χ4n) is 1.38. The number of hydrogen-bond acceptors (Lipinski definition) is 3. The van der Waals surface area contributed by atoms with Crippen LogP contribution in [-0.2, 0) is 6.54 Å². The summed E-state index contributed by atoms with van der Waals surface area (Å²) in [7, 11) is 0. The summed E-state index contributed by atoms with van der Waals surface area (Å²) in [5.41, 5.74) is 0.964. The first-order valence-electron chi connectivity index (χ1n) is 5.12. The second kappa shape index (κ2) is 5.07. The minimum atomic E-state index is -0.399. The molecule has 0 radical (unpaired) electrons. The summed E-state index contributed by atoms with van der Waals surface area (Å²) in [6.07, 6.45) is 4.61. The Morgan fingerprint density at radius 3 is 2.94 bits per heavy atom. The van der Waals surface area contributed by atoms with Crippen LogP contribution in [0.2, 0.25) is 0 Å². The van der Waals surface area contributed by atoms with Gasteiger partial charge in [-0.2, -0.15) is 4.73 Å². The summed E-state index contributed by atoms with van der Waals surface area (Å²) in [5, 5.41) is 14.0. The SMILES string of the molecule is O=C(NCc1cccnc1)c1cccc[n+]1[O-]. The third-order valence-electron chi connectivity index (χ3n) is 2.23. The van der Waals surface area contributed by atoms with Crippen molar-refractivity contribution in [3.8, 4) is 0 Å². The van der Waals surface area contributed by atoms with Gasteiger partial charge in [-0.15, -0.1) is 0 Å². The molecule has 86 valence electrons. The molecular formula is C12H11N3O2. The van der Waals surface area contributed by atoms with Crippen molar-refractivity contribution in [3.05, 3.63) is 65.4 Å². The molecule has 0 unspecified atom stereocenters. The lowest BCUT2D eigenvalue weighted by atomic mass is 10.2. The Balaban J connectivity index is 2.01. The first kappa shape index (κ1) is 11.1. The molecule has 5 heteroatoms. The van der Waals surface area contributed by atoms with Gasteiger partial charge in [-0.25, -0.2) is 0 Å². The van der Waals surface area contributed by atoms with Crippen molar-refractivity contribution < 1.29 is 9.52 Å². The second-order valence-corrected chi connectivity index (χ2v) is 3.46. The maximum absolute atomic E-state index is 11.7. The number of carbonyl (C=O) groups excluding carboxylic acids is 1. The molecule has 0 aliphatic heterocycles. The van der Waals surface area contributed by atoms with Gasteiger partial charge in [-0.3, -0.25) is 9.78 Å². The molecule has 2 heterocycles. The lowest BCUT2D eigenvalue weighted by molar-refractivity contribution is -0.607.